The molecule has 1 N–H and O–H groups in total. The Kier molecular flexibility index (Phi) is 4.53. The van der Waals surface area contributed by atoms with E-state index in [-0.39, 0.29) is 5.91 Å². The van der Waals surface area contributed by atoms with E-state index in [0.29, 0.717) is 0 Å². The molecule has 0 saturated heterocycles. The van der Waals surface area contributed by atoms with Crippen LogP contribution in [0.1, 0.15) is 21.6 Å². The number of para-hydroxylation sites is 1. The number of amides is 1. The van der Waals surface area contributed by atoms with Crippen LogP contribution in [0.2, 0.25) is 0 Å². The van der Waals surface area contributed by atoms with Gasteiger partial charge in [0.15, 0.2) is 0 Å². The molecule has 0 atom stereocenters. The Balaban J connectivity index is 1.40. The number of H-pyrrole nitrogens is 1. The molecule has 0 bridgehead atoms. The van der Waals surface area contributed by atoms with Gasteiger partial charge < -0.3 is 14.6 Å². The number of carbonyl (C=O) groups is 1. The van der Waals surface area contributed by atoms with Gasteiger partial charge >= 0.3 is 0 Å². The molecule has 4 aromatic rings. The van der Waals surface area contributed by atoms with Gasteiger partial charge in [0.2, 0.25) is 0 Å². The highest BCUT2D eigenvalue weighted by molar-refractivity contribution is 5.94. The van der Waals surface area contributed by atoms with Gasteiger partial charge in [0.1, 0.15) is 11.5 Å². The molecule has 1 aliphatic rings. The van der Waals surface area contributed by atoms with Crippen LogP contribution in [0, 0.1) is 0 Å². The van der Waals surface area contributed by atoms with Crippen LogP contribution in [0.15, 0.2) is 78.9 Å². The van der Waals surface area contributed by atoms with E-state index in [1.54, 1.807) is 0 Å². The lowest BCUT2D eigenvalue weighted by Gasteiger charge is -2.20. The van der Waals surface area contributed by atoms with Gasteiger partial charge in [0.25, 0.3) is 5.91 Å². The minimum atomic E-state index is 0.105. The zero-order chi connectivity index (χ0) is 19.6. The standard InChI is InChI=1S/C25H22N2O2/c28-25(18-7-3-1-4-8-18)27-15-13-21-22-17-20(29-19-9-5-2-6-10-19)11-12-23(22)26-24(21)14-16-27/h1-12,17,26H,13-16H2. The smallest absolute Gasteiger partial charge is 0.253 e. The predicted octanol–water partition coefficient (Wildman–Crippen LogP) is 5.20. The van der Waals surface area contributed by atoms with Crippen LogP contribution in [0.4, 0.5) is 0 Å². The summed E-state index contributed by atoms with van der Waals surface area (Å²) in [7, 11) is 0. The lowest BCUT2D eigenvalue weighted by molar-refractivity contribution is 0.0763. The fourth-order valence-electron chi connectivity index (χ4n) is 4.04. The van der Waals surface area contributed by atoms with Gasteiger partial charge in [-0.1, -0.05) is 36.4 Å². The third-order valence-corrected chi connectivity index (χ3v) is 5.52. The van der Waals surface area contributed by atoms with Crippen LogP contribution in [-0.4, -0.2) is 28.9 Å². The van der Waals surface area contributed by atoms with Crippen LogP contribution >= 0.6 is 0 Å². The second kappa shape index (κ2) is 7.47. The number of hydrogen-bond donors (Lipinski definition) is 1. The van der Waals surface area contributed by atoms with Gasteiger partial charge in [0.05, 0.1) is 0 Å². The van der Waals surface area contributed by atoms with Gasteiger partial charge in [-0.3, -0.25) is 4.79 Å². The molecule has 3 aromatic carbocycles. The normalized spacial score (nSPS) is 13.7. The molecular formula is C25H22N2O2. The molecule has 29 heavy (non-hydrogen) atoms. The number of hydrogen-bond acceptors (Lipinski definition) is 2. The first kappa shape index (κ1) is 17.6. The van der Waals surface area contributed by atoms with Crippen LogP contribution in [0.25, 0.3) is 10.9 Å². The Morgan fingerprint density at radius 3 is 2.34 bits per heavy atom. The first-order valence-electron chi connectivity index (χ1n) is 9.98. The molecule has 2 heterocycles. The zero-order valence-electron chi connectivity index (χ0n) is 16.1. The third kappa shape index (κ3) is 3.49. The first-order chi connectivity index (χ1) is 14.3. The molecule has 0 saturated carbocycles. The summed E-state index contributed by atoms with van der Waals surface area (Å²) < 4.78 is 6.02. The van der Waals surface area contributed by atoms with E-state index in [2.05, 4.69) is 17.1 Å². The lowest BCUT2D eigenvalue weighted by Crippen LogP contribution is -2.33. The number of ether oxygens (including phenoxy) is 1. The molecule has 1 aliphatic heterocycles. The van der Waals surface area contributed by atoms with Crippen molar-refractivity contribution < 1.29 is 9.53 Å². The molecule has 4 nitrogen and oxygen atoms in total. The van der Waals surface area contributed by atoms with Crippen molar-refractivity contribution in [2.24, 2.45) is 0 Å². The van der Waals surface area contributed by atoms with E-state index in [0.717, 1.165) is 48.5 Å². The maximum Gasteiger partial charge on any atom is 0.253 e. The van der Waals surface area contributed by atoms with Gasteiger partial charge in [-0.15, -0.1) is 0 Å². The van der Waals surface area contributed by atoms with Crippen molar-refractivity contribution in [1.82, 2.24) is 9.88 Å². The molecule has 0 spiro atoms. The van der Waals surface area contributed by atoms with Crippen molar-refractivity contribution in [2.45, 2.75) is 12.8 Å². The minimum absolute atomic E-state index is 0.105. The van der Waals surface area contributed by atoms with E-state index in [4.69, 9.17) is 4.74 Å². The van der Waals surface area contributed by atoms with Crippen LogP contribution in [0.3, 0.4) is 0 Å². The van der Waals surface area contributed by atoms with Crippen molar-refractivity contribution in [3.05, 3.63) is 95.7 Å². The number of benzene rings is 3. The van der Waals surface area contributed by atoms with Gasteiger partial charge in [-0.25, -0.2) is 0 Å². The molecule has 1 amide bonds. The van der Waals surface area contributed by atoms with Crippen LogP contribution in [0.5, 0.6) is 11.5 Å². The summed E-state index contributed by atoms with van der Waals surface area (Å²) in [5, 5.41) is 1.18. The summed E-state index contributed by atoms with van der Waals surface area (Å²) in [5.41, 5.74) is 4.39. The molecule has 144 valence electrons. The Labute approximate surface area is 169 Å². The lowest BCUT2D eigenvalue weighted by atomic mass is 10.1. The number of fused-ring (bicyclic) bond motifs is 3. The van der Waals surface area contributed by atoms with Crippen LogP contribution < -0.4 is 4.74 Å². The summed E-state index contributed by atoms with van der Waals surface area (Å²) in [6.45, 7) is 1.44. The van der Waals surface area contributed by atoms with E-state index in [1.165, 1.54) is 16.6 Å². The Morgan fingerprint density at radius 2 is 1.55 bits per heavy atom. The third-order valence-electron chi connectivity index (χ3n) is 5.52. The highest BCUT2D eigenvalue weighted by Crippen LogP contribution is 2.31. The van der Waals surface area contributed by atoms with E-state index in [9.17, 15) is 4.79 Å². The zero-order valence-corrected chi connectivity index (χ0v) is 16.1. The maximum absolute atomic E-state index is 12.8. The number of carbonyl (C=O) groups excluding carboxylic acids is 1. The fraction of sp³-hybridized carbons (Fsp3) is 0.160. The highest BCUT2D eigenvalue weighted by atomic mass is 16.5. The average molecular weight is 382 g/mol. The molecule has 0 unspecified atom stereocenters. The van der Waals surface area contributed by atoms with Gasteiger partial charge in [0, 0.05) is 41.7 Å². The molecule has 1 aromatic heterocycles. The predicted molar refractivity (Wildman–Crippen MR) is 115 cm³/mol. The van der Waals surface area contributed by atoms with E-state index < -0.39 is 0 Å². The van der Waals surface area contributed by atoms with Crippen molar-refractivity contribution in [3.63, 3.8) is 0 Å². The Bertz CT molecular complexity index is 1150. The topological polar surface area (TPSA) is 45.3 Å². The highest BCUT2D eigenvalue weighted by Gasteiger charge is 2.22. The molecule has 0 aliphatic carbocycles. The largest absolute Gasteiger partial charge is 0.457 e. The van der Waals surface area contributed by atoms with Crippen molar-refractivity contribution >= 4 is 16.8 Å². The average Bonchev–Trinajstić information content (AvgIpc) is 2.97. The maximum atomic E-state index is 12.8. The number of nitrogens with one attached hydrogen (secondary N) is 1. The summed E-state index contributed by atoms with van der Waals surface area (Å²) in [6, 6.07) is 25.5. The van der Waals surface area contributed by atoms with E-state index in [1.807, 2.05) is 71.6 Å². The van der Waals surface area contributed by atoms with Crippen molar-refractivity contribution in [2.75, 3.05) is 13.1 Å². The SMILES string of the molecule is O=C(c1ccccc1)N1CCc2[nH]c3ccc(Oc4ccccc4)cc3c2CC1. The summed E-state index contributed by atoms with van der Waals surface area (Å²) in [4.78, 5) is 18.4. The molecular weight excluding hydrogens is 360 g/mol. The minimum Gasteiger partial charge on any atom is -0.457 e. The van der Waals surface area contributed by atoms with Crippen LogP contribution in [-0.2, 0) is 12.8 Å². The molecule has 0 fully saturated rings. The summed E-state index contributed by atoms with van der Waals surface area (Å²) in [6.07, 6.45) is 1.67. The first-order valence-corrected chi connectivity index (χ1v) is 9.98. The second-order valence-corrected chi connectivity index (χ2v) is 7.36. The molecule has 5 rings (SSSR count). The van der Waals surface area contributed by atoms with E-state index >= 15 is 0 Å². The van der Waals surface area contributed by atoms with Crippen molar-refractivity contribution in [3.8, 4) is 11.5 Å². The quantitative estimate of drug-likeness (QED) is 0.529. The number of aromatic amines is 1. The number of aromatic nitrogens is 1. The monoisotopic (exact) mass is 382 g/mol. The van der Waals surface area contributed by atoms with Gasteiger partial charge in [-0.2, -0.15) is 0 Å². The fourth-order valence-corrected chi connectivity index (χ4v) is 4.04. The van der Waals surface area contributed by atoms with Gasteiger partial charge in [-0.05, 0) is 54.4 Å². The number of rotatable bonds is 3. The summed E-state index contributed by atoms with van der Waals surface area (Å²) >= 11 is 0. The Hall–Kier alpha value is -3.53. The van der Waals surface area contributed by atoms with Crippen molar-refractivity contribution in [1.29, 1.82) is 0 Å². The summed E-state index contributed by atoms with van der Waals surface area (Å²) in [5.74, 6) is 1.76. The molecule has 4 heteroatoms. The Morgan fingerprint density at radius 1 is 0.828 bits per heavy atom. The second-order valence-electron chi connectivity index (χ2n) is 7.36. The molecule has 0 radical (unpaired) electrons. The number of nitrogens with zero attached hydrogens (tertiary/aromatic N) is 1.